The number of carbonyl (C=O) groups excluding carboxylic acids is 1. The lowest BCUT2D eigenvalue weighted by Gasteiger charge is -2.33. The molecule has 1 aliphatic carbocycles. The third-order valence-corrected chi connectivity index (χ3v) is 4.95. The lowest BCUT2D eigenvalue weighted by Crippen LogP contribution is -2.28. The average molecular weight is 354 g/mol. The van der Waals surface area contributed by atoms with E-state index in [9.17, 15) is 4.79 Å². The summed E-state index contributed by atoms with van der Waals surface area (Å²) in [7, 11) is 1.63. The minimum Gasteiger partial charge on any atom is -0.497 e. The van der Waals surface area contributed by atoms with Gasteiger partial charge in [0.2, 0.25) is 0 Å². The Balaban J connectivity index is 1.95. The second kappa shape index (κ2) is 6.00. The molecule has 1 atom stereocenters. The highest BCUT2D eigenvalue weighted by Crippen LogP contribution is 2.46. The zero-order valence-corrected chi connectivity index (χ0v) is 14.6. The lowest BCUT2D eigenvalue weighted by atomic mass is 9.76. The molecule has 0 spiro atoms. The number of Topliss-reactive ketones (excluding diaryl/α,β-unsaturated/α-hetero) is 1. The van der Waals surface area contributed by atoms with E-state index in [0.29, 0.717) is 22.8 Å². The van der Waals surface area contributed by atoms with E-state index in [2.05, 4.69) is 15.3 Å². The monoisotopic (exact) mass is 354 g/mol. The molecular formula is C18H18N4O2S. The number of hydrogen-bond donors (Lipinski definition) is 3. The fraction of sp³-hybridized carbons (Fsp3) is 0.278. The summed E-state index contributed by atoms with van der Waals surface area (Å²) in [6, 6.07) is 7.71. The number of anilines is 2. The maximum absolute atomic E-state index is 12.7. The van der Waals surface area contributed by atoms with E-state index < -0.39 is 0 Å². The summed E-state index contributed by atoms with van der Waals surface area (Å²) in [6.45, 7) is 0. The van der Waals surface area contributed by atoms with Crippen LogP contribution < -0.4 is 15.8 Å². The molecule has 0 fully saturated rings. The summed E-state index contributed by atoms with van der Waals surface area (Å²) >= 11 is 5.16. The minimum atomic E-state index is -0.260. The first-order chi connectivity index (χ1) is 12.1. The molecule has 2 aliphatic rings. The van der Waals surface area contributed by atoms with Gasteiger partial charge >= 0.3 is 0 Å². The van der Waals surface area contributed by atoms with Gasteiger partial charge in [0.25, 0.3) is 0 Å². The number of nitrogens with zero attached hydrogens (tertiary/aromatic N) is 1. The van der Waals surface area contributed by atoms with Crippen LogP contribution in [-0.2, 0) is 4.79 Å². The molecule has 7 heteroatoms. The first-order valence-electron chi connectivity index (χ1n) is 8.15. The van der Waals surface area contributed by atoms with Crippen molar-refractivity contribution in [1.82, 2.24) is 9.97 Å². The van der Waals surface area contributed by atoms with E-state index in [1.54, 1.807) is 7.11 Å². The summed E-state index contributed by atoms with van der Waals surface area (Å²) < 4.78 is 5.57. The number of allylic oxidation sites excluding steroid dienone is 2. The number of aromatic amines is 1. The van der Waals surface area contributed by atoms with Crippen molar-refractivity contribution in [2.45, 2.75) is 25.2 Å². The molecule has 0 amide bonds. The van der Waals surface area contributed by atoms with Crippen LogP contribution in [0.1, 0.15) is 36.3 Å². The van der Waals surface area contributed by atoms with Gasteiger partial charge in [-0.15, -0.1) is 0 Å². The molecule has 6 nitrogen and oxygen atoms in total. The number of aromatic nitrogens is 2. The highest BCUT2D eigenvalue weighted by molar-refractivity contribution is 7.71. The van der Waals surface area contributed by atoms with E-state index in [1.165, 1.54) is 0 Å². The quantitative estimate of drug-likeness (QED) is 0.717. The van der Waals surface area contributed by atoms with E-state index in [-0.39, 0.29) is 11.7 Å². The Hall–Kier alpha value is -2.67. The fourth-order valence-electron chi connectivity index (χ4n) is 3.63. The van der Waals surface area contributed by atoms with Gasteiger partial charge in [-0.1, -0.05) is 12.1 Å². The van der Waals surface area contributed by atoms with Gasteiger partial charge in [0.05, 0.1) is 7.11 Å². The van der Waals surface area contributed by atoms with E-state index in [1.807, 2.05) is 24.3 Å². The lowest BCUT2D eigenvalue weighted by molar-refractivity contribution is -0.116. The van der Waals surface area contributed by atoms with Crippen molar-refractivity contribution >= 4 is 29.6 Å². The number of fused-ring (bicyclic) bond motifs is 1. The number of nitrogens with two attached hydrogens (primary N) is 1. The Bertz CT molecular complexity index is 947. The SMILES string of the molecule is COc1ccc(C2C3=C(CCCC3=O)Nc3nc(=S)[nH]c(N)c32)cc1. The van der Waals surface area contributed by atoms with Gasteiger partial charge in [0.1, 0.15) is 17.4 Å². The molecule has 1 aromatic heterocycles. The van der Waals surface area contributed by atoms with Gasteiger partial charge in [0, 0.05) is 29.2 Å². The number of H-pyrrole nitrogens is 1. The van der Waals surface area contributed by atoms with Gasteiger partial charge in [-0.25, -0.2) is 4.98 Å². The van der Waals surface area contributed by atoms with Crippen molar-refractivity contribution < 1.29 is 9.53 Å². The van der Waals surface area contributed by atoms with Crippen molar-refractivity contribution in [3.63, 3.8) is 0 Å². The molecular weight excluding hydrogens is 336 g/mol. The largest absolute Gasteiger partial charge is 0.497 e. The standard InChI is InChI=1S/C18H18N4O2S/c1-24-10-7-5-9(6-8-10)13-14-11(3-2-4-12(14)23)20-17-15(13)16(19)21-18(25)22-17/h5-8,13H,2-4H2,1H3,(H4,19,20,21,22,25). The Kier molecular flexibility index (Phi) is 3.80. The molecule has 4 N–H and O–H groups in total. The molecule has 0 bridgehead atoms. The summed E-state index contributed by atoms with van der Waals surface area (Å²) in [5, 5.41) is 3.29. The van der Waals surface area contributed by atoms with Crippen molar-refractivity contribution in [3.8, 4) is 5.75 Å². The third-order valence-electron chi connectivity index (χ3n) is 4.75. The van der Waals surface area contributed by atoms with Gasteiger partial charge in [-0.3, -0.25) is 4.79 Å². The van der Waals surface area contributed by atoms with Gasteiger partial charge in [0.15, 0.2) is 10.6 Å². The van der Waals surface area contributed by atoms with Crippen LogP contribution in [0.2, 0.25) is 0 Å². The zero-order valence-electron chi connectivity index (χ0n) is 13.8. The number of ether oxygens (including phenoxy) is 1. The zero-order chi connectivity index (χ0) is 17.6. The van der Waals surface area contributed by atoms with Crippen LogP contribution in [0, 0.1) is 4.77 Å². The number of methoxy groups -OCH3 is 1. The predicted octanol–water partition coefficient (Wildman–Crippen LogP) is 3.29. The number of nitrogen functional groups attached to an aromatic ring is 1. The second-order valence-corrected chi connectivity index (χ2v) is 6.60. The van der Waals surface area contributed by atoms with Crippen molar-refractivity contribution in [2.75, 3.05) is 18.2 Å². The molecule has 25 heavy (non-hydrogen) atoms. The average Bonchev–Trinajstić information content (AvgIpc) is 2.60. The highest BCUT2D eigenvalue weighted by Gasteiger charge is 2.37. The number of carbonyl (C=O) groups is 1. The van der Waals surface area contributed by atoms with Crippen molar-refractivity contribution in [2.24, 2.45) is 0 Å². The van der Waals surface area contributed by atoms with E-state index in [4.69, 9.17) is 22.7 Å². The molecule has 0 saturated carbocycles. The molecule has 4 rings (SSSR count). The van der Waals surface area contributed by atoms with Crippen LogP contribution in [0.5, 0.6) is 5.75 Å². The number of ketones is 1. The first-order valence-corrected chi connectivity index (χ1v) is 8.56. The second-order valence-electron chi connectivity index (χ2n) is 6.22. The molecule has 2 heterocycles. The molecule has 0 radical (unpaired) electrons. The molecule has 1 aliphatic heterocycles. The van der Waals surface area contributed by atoms with Crippen molar-refractivity contribution in [3.05, 3.63) is 51.4 Å². The summed E-state index contributed by atoms with van der Waals surface area (Å²) in [6.07, 6.45) is 2.21. The predicted molar refractivity (Wildman–Crippen MR) is 98.2 cm³/mol. The van der Waals surface area contributed by atoms with Crippen LogP contribution in [-0.4, -0.2) is 22.9 Å². The van der Waals surface area contributed by atoms with E-state index in [0.717, 1.165) is 41.0 Å². The third kappa shape index (κ3) is 2.60. The van der Waals surface area contributed by atoms with Crippen LogP contribution >= 0.6 is 12.2 Å². The highest BCUT2D eigenvalue weighted by atomic mass is 32.1. The van der Waals surface area contributed by atoms with E-state index >= 15 is 0 Å². The van der Waals surface area contributed by atoms with Crippen LogP contribution in [0.4, 0.5) is 11.6 Å². The first kappa shape index (κ1) is 15.8. The topological polar surface area (TPSA) is 93.0 Å². The smallest absolute Gasteiger partial charge is 0.200 e. The molecule has 2 aromatic rings. The Labute approximate surface area is 150 Å². The van der Waals surface area contributed by atoms with Gasteiger partial charge in [-0.05, 0) is 42.8 Å². The number of rotatable bonds is 2. The van der Waals surface area contributed by atoms with Crippen LogP contribution in [0.3, 0.4) is 0 Å². The Morgan fingerprint density at radius 3 is 2.76 bits per heavy atom. The van der Waals surface area contributed by atoms with Gasteiger partial charge in [-0.2, -0.15) is 0 Å². The number of nitrogens with one attached hydrogen (secondary N) is 2. The van der Waals surface area contributed by atoms with Crippen LogP contribution in [0.15, 0.2) is 35.5 Å². The van der Waals surface area contributed by atoms with Crippen LogP contribution in [0.25, 0.3) is 0 Å². The fourth-order valence-corrected chi connectivity index (χ4v) is 3.83. The molecule has 1 aromatic carbocycles. The maximum Gasteiger partial charge on any atom is 0.200 e. The summed E-state index contributed by atoms with van der Waals surface area (Å²) in [5.74, 6) is 1.73. The molecule has 128 valence electrons. The Morgan fingerprint density at radius 2 is 2.04 bits per heavy atom. The van der Waals surface area contributed by atoms with Gasteiger partial charge < -0.3 is 20.8 Å². The summed E-state index contributed by atoms with van der Waals surface area (Å²) in [4.78, 5) is 20.0. The number of hydrogen-bond acceptors (Lipinski definition) is 6. The maximum atomic E-state index is 12.7. The Morgan fingerprint density at radius 1 is 1.28 bits per heavy atom. The summed E-state index contributed by atoms with van der Waals surface area (Å²) in [5.41, 5.74) is 9.69. The molecule has 0 saturated heterocycles. The van der Waals surface area contributed by atoms with Crippen molar-refractivity contribution in [1.29, 1.82) is 0 Å². The molecule has 1 unspecified atom stereocenters. The normalized spacial score (nSPS) is 19.1. The minimum absolute atomic E-state index is 0.155. The number of benzene rings is 1.